The fourth-order valence-electron chi connectivity index (χ4n) is 1.83. The number of benzene rings is 2. The van der Waals surface area contributed by atoms with E-state index in [-0.39, 0.29) is 5.75 Å². The Hall–Kier alpha value is -1.81. The Balaban J connectivity index is 2.24. The van der Waals surface area contributed by atoms with Gasteiger partial charge >= 0.3 is 0 Å². The maximum absolute atomic E-state index is 9.40. The molecule has 2 aromatic carbocycles. The topological polar surface area (TPSA) is 38.1 Å². The molecule has 0 aliphatic heterocycles. The molecule has 0 bridgehead atoms. The summed E-state index contributed by atoms with van der Waals surface area (Å²) in [6.07, 6.45) is 1.76. The van der Waals surface area contributed by atoms with Gasteiger partial charge in [-0.3, -0.25) is 4.57 Å². The van der Waals surface area contributed by atoms with E-state index in [1.807, 2.05) is 34.9 Å². The van der Waals surface area contributed by atoms with Crippen LogP contribution in [0.15, 0.2) is 53.3 Å². The molecule has 3 nitrogen and oxygen atoms in total. The van der Waals surface area contributed by atoms with E-state index >= 15 is 0 Å². The standard InChI is InChI=1S/C13H9BrN2O/c14-9-2-1-3-10(6-9)16-8-15-12-7-11(17)4-5-13(12)16/h1-8,17H. The summed E-state index contributed by atoms with van der Waals surface area (Å²) in [7, 11) is 0. The molecule has 0 amide bonds. The molecule has 0 aliphatic carbocycles. The number of aromatic nitrogens is 2. The van der Waals surface area contributed by atoms with Crippen molar-refractivity contribution in [2.24, 2.45) is 0 Å². The van der Waals surface area contributed by atoms with Crippen LogP contribution in [0, 0.1) is 0 Å². The molecule has 3 aromatic rings. The number of fused-ring (bicyclic) bond motifs is 1. The Bertz CT molecular complexity index is 691. The van der Waals surface area contributed by atoms with Crippen molar-refractivity contribution in [1.29, 1.82) is 0 Å². The van der Waals surface area contributed by atoms with Crippen LogP contribution in [0.1, 0.15) is 0 Å². The lowest BCUT2D eigenvalue weighted by atomic mass is 10.2. The van der Waals surface area contributed by atoms with E-state index < -0.39 is 0 Å². The summed E-state index contributed by atoms with van der Waals surface area (Å²) in [5.74, 6) is 0.233. The van der Waals surface area contributed by atoms with Gasteiger partial charge in [-0.1, -0.05) is 22.0 Å². The first-order valence-electron chi connectivity index (χ1n) is 5.16. The third-order valence-corrected chi connectivity index (χ3v) is 3.11. The number of rotatable bonds is 1. The van der Waals surface area contributed by atoms with E-state index in [9.17, 15) is 5.11 Å². The predicted molar refractivity (Wildman–Crippen MR) is 70.4 cm³/mol. The van der Waals surface area contributed by atoms with Gasteiger partial charge in [-0.2, -0.15) is 0 Å². The molecule has 17 heavy (non-hydrogen) atoms. The van der Waals surface area contributed by atoms with Crippen LogP contribution in [-0.4, -0.2) is 14.7 Å². The molecule has 4 heteroatoms. The zero-order valence-corrected chi connectivity index (χ0v) is 10.4. The molecule has 0 spiro atoms. The maximum atomic E-state index is 9.40. The first-order chi connectivity index (χ1) is 8.24. The van der Waals surface area contributed by atoms with Crippen molar-refractivity contribution in [3.05, 3.63) is 53.3 Å². The van der Waals surface area contributed by atoms with Gasteiger partial charge in [-0.15, -0.1) is 0 Å². The van der Waals surface area contributed by atoms with Crippen LogP contribution in [0.3, 0.4) is 0 Å². The van der Waals surface area contributed by atoms with E-state index in [0.29, 0.717) is 0 Å². The molecule has 0 fully saturated rings. The van der Waals surface area contributed by atoms with E-state index in [4.69, 9.17) is 0 Å². The second kappa shape index (κ2) is 3.89. The zero-order chi connectivity index (χ0) is 11.8. The highest BCUT2D eigenvalue weighted by Gasteiger charge is 2.05. The number of nitrogens with zero attached hydrogens (tertiary/aromatic N) is 2. The largest absolute Gasteiger partial charge is 0.508 e. The molecule has 0 saturated carbocycles. The molecule has 0 aliphatic rings. The van der Waals surface area contributed by atoms with E-state index in [0.717, 1.165) is 21.2 Å². The average Bonchev–Trinajstić information content (AvgIpc) is 2.71. The molecule has 0 atom stereocenters. The Morgan fingerprint density at radius 3 is 2.82 bits per heavy atom. The fourth-order valence-corrected chi connectivity index (χ4v) is 2.22. The Kier molecular flexibility index (Phi) is 2.37. The quantitative estimate of drug-likeness (QED) is 0.744. The summed E-state index contributed by atoms with van der Waals surface area (Å²) in [6, 6.07) is 13.2. The summed E-state index contributed by atoms with van der Waals surface area (Å²) in [4.78, 5) is 4.27. The number of hydrogen-bond donors (Lipinski definition) is 1. The van der Waals surface area contributed by atoms with Crippen LogP contribution < -0.4 is 0 Å². The van der Waals surface area contributed by atoms with Crippen molar-refractivity contribution in [2.45, 2.75) is 0 Å². The van der Waals surface area contributed by atoms with E-state index in [1.54, 1.807) is 18.5 Å². The van der Waals surface area contributed by atoms with Crippen molar-refractivity contribution in [2.75, 3.05) is 0 Å². The first-order valence-corrected chi connectivity index (χ1v) is 5.95. The van der Waals surface area contributed by atoms with Crippen LogP contribution >= 0.6 is 15.9 Å². The van der Waals surface area contributed by atoms with Gasteiger partial charge in [0, 0.05) is 16.2 Å². The molecule has 3 rings (SSSR count). The Morgan fingerprint density at radius 2 is 2.00 bits per heavy atom. The zero-order valence-electron chi connectivity index (χ0n) is 8.84. The second-order valence-corrected chi connectivity index (χ2v) is 4.68. The van der Waals surface area contributed by atoms with Gasteiger partial charge in [-0.25, -0.2) is 4.98 Å². The van der Waals surface area contributed by atoms with Crippen molar-refractivity contribution in [3.8, 4) is 11.4 Å². The molecule has 0 unspecified atom stereocenters. The molecular formula is C13H9BrN2O. The Morgan fingerprint density at radius 1 is 1.12 bits per heavy atom. The van der Waals surface area contributed by atoms with Crippen molar-refractivity contribution in [3.63, 3.8) is 0 Å². The fraction of sp³-hybridized carbons (Fsp3) is 0. The van der Waals surface area contributed by atoms with Crippen LogP contribution in [-0.2, 0) is 0 Å². The molecule has 0 radical (unpaired) electrons. The van der Waals surface area contributed by atoms with Gasteiger partial charge in [0.1, 0.15) is 12.1 Å². The minimum atomic E-state index is 0.233. The van der Waals surface area contributed by atoms with E-state index in [2.05, 4.69) is 20.9 Å². The van der Waals surface area contributed by atoms with Crippen LogP contribution in [0.5, 0.6) is 5.75 Å². The van der Waals surface area contributed by atoms with Gasteiger partial charge in [0.2, 0.25) is 0 Å². The number of imidazole rings is 1. The van der Waals surface area contributed by atoms with Crippen LogP contribution in [0.2, 0.25) is 0 Å². The summed E-state index contributed by atoms with van der Waals surface area (Å²) >= 11 is 3.45. The number of phenolic OH excluding ortho intramolecular Hbond substituents is 1. The van der Waals surface area contributed by atoms with Gasteiger partial charge in [0.25, 0.3) is 0 Å². The van der Waals surface area contributed by atoms with Crippen LogP contribution in [0.4, 0.5) is 0 Å². The second-order valence-electron chi connectivity index (χ2n) is 3.77. The molecule has 1 N–H and O–H groups in total. The van der Waals surface area contributed by atoms with Crippen molar-refractivity contribution in [1.82, 2.24) is 9.55 Å². The number of aromatic hydroxyl groups is 1. The average molecular weight is 289 g/mol. The number of phenols is 1. The van der Waals surface area contributed by atoms with Gasteiger partial charge < -0.3 is 5.11 Å². The molecular weight excluding hydrogens is 280 g/mol. The molecule has 1 heterocycles. The highest BCUT2D eigenvalue weighted by molar-refractivity contribution is 9.10. The first kappa shape index (κ1) is 10.4. The minimum absolute atomic E-state index is 0.233. The van der Waals surface area contributed by atoms with Gasteiger partial charge in [0.15, 0.2) is 0 Å². The summed E-state index contributed by atoms with van der Waals surface area (Å²) in [5, 5.41) is 9.40. The monoisotopic (exact) mass is 288 g/mol. The lowest BCUT2D eigenvalue weighted by Gasteiger charge is -2.04. The number of halogens is 1. The SMILES string of the molecule is Oc1ccc2c(c1)ncn2-c1cccc(Br)c1. The predicted octanol–water partition coefficient (Wildman–Crippen LogP) is 3.49. The maximum Gasteiger partial charge on any atom is 0.117 e. The number of hydrogen-bond acceptors (Lipinski definition) is 2. The van der Waals surface area contributed by atoms with Gasteiger partial charge in [0.05, 0.1) is 11.0 Å². The third kappa shape index (κ3) is 1.80. The molecule has 1 aromatic heterocycles. The van der Waals surface area contributed by atoms with Crippen LogP contribution in [0.25, 0.3) is 16.7 Å². The third-order valence-electron chi connectivity index (χ3n) is 2.62. The van der Waals surface area contributed by atoms with Gasteiger partial charge in [-0.05, 0) is 30.3 Å². The van der Waals surface area contributed by atoms with Crippen molar-refractivity contribution < 1.29 is 5.11 Å². The van der Waals surface area contributed by atoms with E-state index in [1.165, 1.54) is 0 Å². The molecule has 0 saturated heterocycles. The summed E-state index contributed by atoms with van der Waals surface area (Å²) in [6.45, 7) is 0. The van der Waals surface area contributed by atoms with Crippen molar-refractivity contribution >= 4 is 27.0 Å². The lowest BCUT2D eigenvalue weighted by molar-refractivity contribution is 0.476. The normalized spacial score (nSPS) is 10.9. The Labute approximate surface area is 106 Å². The summed E-state index contributed by atoms with van der Waals surface area (Å²) in [5.41, 5.74) is 2.79. The molecule has 84 valence electrons. The highest BCUT2D eigenvalue weighted by Crippen LogP contribution is 2.23. The minimum Gasteiger partial charge on any atom is -0.508 e. The lowest BCUT2D eigenvalue weighted by Crippen LogP contribution is -1.90. The summed E-state index contributed by atoms with van der Waals surface area (Å²) < 4.78 is 3.01. The smallest absolute Gasteiger partial charge is 0.117 e. The highest BCUT2D eigenvalue weighted by atomic mass is 79.9.